The molecule has 0 saturated carbocycles. The van der Waals surface area contributed by atoms with E-state index in [0.29, 0.717) is 17.0 Å². The number of nitriles is 1. The Morgan fingerprint density at radius 1 is 1.24 bits per heavy atom. The Kier molecular flexibility index (Phi) is 4.32. The molecule has 0 saturated heterocycles. The number of hydrazone groups is 1. The summed E-state index contributed by atoms with van der Waals surface area (Å²) in [5.74, 6) is -1.02. The van der Waals surface area contributed by atoms with Crippen molar-refractivity contribution in [2.24, 2.45) is 5.10 Å². The van der Waals surface area contributed by atoms with Crippen molar-refractivity contribution in [3.05, 3.63) is 65.2 Å². The number of aromatic carboxylic acids is 1. The lowest BCUT2D eigenvalue weighted by Gasteiger charge is -2.06. The van der Waals surface area contributed by atoms with E-state index >= 15 is 0 Å². The summed E-state index contributed by atoms with van der Waals surface area (Å²) in [6.45, 7) is 1.78. The topological polar surface area (TPSA) is 85.5 Å². The first-order valence-corrected chi connectivity index (χ1v) is 6.25. The smallest absolute Gasteiger partial charge is 0.337 e. The Hall–Kier alpha value is -3.13. The molecule has 2 aromatic carbocycles. The molecule has 0 aromatic heterocycles. The molecule has 0 aliphatic carbocycles. The van der Waals surface area contributed by atoms with Gasteiger partial charge in [-0.1, -0.05) is 24.3 Å². The molecule has 0 unspecified atom stereocenters. The van der Waals surface area contributed by atoms with Crippen LogP contribution in [0.2, 0.25) is 0 Å². The van der Waals surface area contributed by atoms with Crippen LogP contribution < -0.4 is 5.43 Å². The molecule has 104 valence electrons. The Labute approximate surface area is 122 Å². The zero-order chi connectivity index (χ0) is 15.2. The summed E-state index contributed by atoms with van der Waals surface area (Å²) in [5.41, 5.74) is 5.33. The van der Waals surface area contributed by atoms with Gasteiger partial charge in [-0.2, -0.15) is 10.4 Å². The van der Waals surface area contributed by atoms with Gasteiger partial charge in [0.1, 0.15) is 0 Å². The molecule has 0 aliphatic rings. The van der Waals surface area contributed by atoms with Crippen LogP contribution >= 0.6 is 0 Å². The average molecular weight is 279 g/mol. The predicted octanol–water partition coefficient (Wildman–Crippen LogP) is 3.09. The number of hydrogen-bond acceptors (Lipinski definition) is 4. The van der Waals surface area contributed by atoms with Crippen molar-refractivity contribution >= 4 is 17.4 Å². The maximum absolute atomic E-state index is 11.1. The van der Waals surface area contributed by atoms with Crippen molar-refractivity contribution in [3.63, 3.8) is 0 Å². The van der Waals surface area contributed by atoms with Crippen molar-refractivity contribution in [1.82, 2.24) is 0 Å². The second kappa shape index (κ2) is 6.35. The van der Waals surface area contributed by atoms with Crippen molar-refractivity contribution in [2.75, 3.05) is 5.43 Å². The fraction of sp³-hybridized carbons (Fsp3) is 0.0625. The van der Waals surface area contributed by atoms with Crippen LogP contribution in [0.4, 0.5) is 5.69 Å². The average Bonchev–Trinajstić information content (AvgIpc) is 2.52. The van der Waals surface area contributed by atoms with Gasteiger partial charge in [0, 0.05) is 0 Å². The number of rotatable bonds is 4. The summed E-state index contributed by atoms with van der Waals surface area (Å²) in [6, 6.07) is 15.7. The standard InChI is InChI=1S/C16H13N3O2/c1-11(13-6-4-5-12(9-13)10-17)18-19-15-8-3-2-7-14(15)16(20)21/h2-9,19H,1H3,(H,20,21). The molecule has 0 bridgehead atoms. The highest BCUT2D eigenvalue weighted by Crippen LogP contribution is 2.15. The zero-order valence-corrected chi connectivity index (χ0v) is 11.4. The largest absolute Gasteiger partial charge is 0.478 e. The molecule has 0 amide bonds. The molecule has 2 aromatic rings. The lowest BCUT2D eigenvalue weighted by Crippen LogP contribution is -2.04. The van der Waals surface area contributed by atoms with E-state index < -0.39 is 5.97 Å². The molecule has 0 atom stereocenters. The van der Waals surface area contributed by atoms with Gasteiger partial charge in [-0.05, 0) is 36.8 Å². The summed E-state index contributed by atoms with van der Waals surface area (Å²) < 4.78 is 0. The molecule has 0 heterocycles. The number of nitrogens with one attached hydrogen (secondary N) is 1. The number of para-hydroxylation sites is 1. The van der Waals surface area contributed by atoms with Crippen LogP contribution in [0, 0.1) is 11.3 Å². The van der Waals surface area contributed by atoms with Gasteiger partial charge < -0.3 is 5.11 Å². The van der Waals surface area contributed by atoms with E-state index in [9.17, 15) is 4.79 Å². The van der Waals surface area contributed by atoms with Crippen molar-refractivity contribution in [1.29, 1.82) is 5.26 Å². The number of nitrogens with zero attached hydrogens (tertiary/aromatic N) is 2. The van der Waals surface area contributed by atoms with E-state index in [2.05, 4.69) is 16.6 Å². The number of benzene rings is 2. The molecule has 0 spiro atoms. The molecular weight excluding hydrogens is 266 g/mol. The van der Waals surface area contributed by atoms with Crippen LogP contribution in [-0.4, -0.2) is 16.8 Å². The van der Waals surface area contributed by atoms with Crippen LogP contribution in [0.25, 0.3) is 0 Å². The minimum atomic E-state index is -1.02. The summed E-state index contributed by atoms with van der Waals surface area (Å²) in [7, 11) is 0. The van der Waals surface area contributed by atoms with E-state index in [1.54, 1.807) is 43.3 Å². The molecule has 0 radical (unpaired) electrons. The quantitative estimate of drug-likeness (QED) is 0.665. The Bertz CT molecular complexity index is 745. The Balaban J connectivity index is 2.25. The fourth-order valence-electron chi connectivity index (χ4n) is 1.79. The number of carbonyl (C=O) groups is 1. The first-order valence-electron chi connectivity index (χ1n) is 6.25. The van der Waals surface area contributed by atoms with Gasteiger partial charge in [0.05, 0.1) is 28.6 Å². The zero-order valence-electron chi connectivity index (χ0n) is 11.4. The monoisotopic (exact) mass is 279 g/mol. The third-order valence-electron chi connectivity index (χ3n) is 2.91. The van der Waals surface area contributed by atoms with E-state index in [0.717, 1.165) is 5.56 Å². The highest BCUT2D eigenvalue weighted by atomic mass is 16.4. The lowest BCUT2D eigenvalue weighted by atomic mass is 10.1. The third kappa shape index (κ3) is 3.45. The van der Waals surface area contributed by atoms with Gasteiger partial charge in [-0.25, -0.2) is 4.79 Å². The number of hydrogen-bond donors (Lipinski definition) is 2. The molecule has 0 aliphatic heterocycles. The van der Waals surface area contributed by atoms with Gasteiger partial charge in [0.25, 0.3) is 0 Å². The molecule has 2 rings (SSSR count). The molecule has 0 fully saturated rings. The van der Waals surface area contributed by atoms with Crippen LogP contribution in [0.15, 0.2) is 53.6 Å². The normalized spacial score (nSPS) is 10.8. The van der Waals surface area contributed by atoms with E-state index in [4.69, 9.17) is 10.4 Å². The number of carboxylic acids is 1. The summed E-state index contributed by atoms with van der Waals surface area (Å²) >= 11 is 0. The molecule has 2 N–H and O–H groups in total. The van der Waals surface area contributed by atoms with Crippen LogP contribution in [0.5, 0.6) is 0 Å². The van der Waals surface area contributed by atoms with Gasteiger partial charge in [0.15, 0.2) is 0 Å². The molecule has 21 heavy (non-hydrogen) atoms. The first-order chi connectivity index (χ1) is 10.1. The SMILES string of the molecule is CC(=NNc1ccccc1C(=O)O)c1cccc(C#N)c1. The summed E-state index contributed by atoms with van der Waals surface area (Å²) in [5, 5.41) is 22.1. The van der Waals surface area contributed by atoms with E-state index in [1.165, 1.54) is 6.07 Å². The van der Waals surface area contributed by atoms with Crippen molar-refractivity contribution in [3.8, 4) is 6.07 Å². The second-order valence-corrected chi connectivity index (χ2v) is 4.35. The second-order valence-electron chi connectivity index (χ2n) is 4.35. The van der Waals surface area contributed by atoms with Gasteiger partial charge in [0.2, 0.25) is 0 Å². The Morgan fingerprint density at radius 2 is 2.00 bits per heavy atom. The lowest BCUT2D eigenvalue weighted by molar-refractivity contribution is 0.0698. The maximum atomic E-state index is 11.1. The maximum Gasteiger partial charge on any atom is 0.337 e. The molecule has 5 nitrogen and oxygen atoms in total. The van der Waals surface area contributed by atoms with Crippen LogP contribution in [-0.2, 0) is 0 Å². The van der Waals surface area contributed by atoms with Crippen LogP contribution in [0.1, 0.15) is 28.4 Å². The van der Waals surface area contributed by atoms with Crippen molar-refractivity contribution in [2.45, 2.75) is 6.92 Å². The van der Waals surface area contributed by atoms with Crippen molar-refractivity contribution < 1.29 is 9.90 Å². The highest BCUT2D eigenvalue weighted by molar-refractivity contribution is 6.00. The number of carboxylic acid groups (broad SMARTS) is 1. The highest BCUT2D eigenvalue weighted by Gasteiger charge is 2.08. The summed E-state index contributed by atoms with van der Waals surface area (Å²) in [6.07, 6.45) is 0. The molecule has 5 heteroatoms. The van der Waals surface area contributed by atoms with E-state index in [1.807, 2.05) is 6.07 Å². The fourth-order valence-corrected chi connectivity index (χ4v) is 1.79. The minimum Gasteiger partial charge on any atom is -0.478 e. The van der Waals surface area contributed by atoms with Gasteiger partial charge in [-0.3, -0.25) is 5.43 Å². The third-order valence-corrected chi connectivity index (χ3v) is 2.91. The Morgan fingerprint density at radius 3 is 2.71 bits per heavy atom. The number of anilines is 1. The van der Waals surface area contributed by atoms with Gasteiger partial charge in [-0.15, -0.1) is 0 Å². The van der Waals surface area contributed by atoms with Gasteiger partial charge >= 0.3 is 5.97 Å². The van der Waals surface area contributed by atoms with Crippen LogP contribution in [0.3, 0.4) is 0 Å². The summed E-state index contributed by atoms with van der Waals surface area (Å²) in [4.78, 5) is 11.1. The predicted molar refractivity (Wildman–Crippen MR) is 80.4 cm³/mol. The van der Waals surface area contributed by atoms with E-state index in [-0.39, 0.29) is 5.56 Å². The first kappa shape index (κ1) is 14.3. The molecular formula is C16H13N3O2. The minimum absolute atomic E-state index is 0.153.